The molecule has 1 aromatic rings. The van der Waals surface area contributed by atoms with Gasteiger partial charge >= 0.3 is 0 Å². The number of nitrogen functional groups attached to an aromatic ring is 1. The van der Waals surface area contributed by atoms with Crippen LogP contribution < -0.4 is 5.73 Å². The zero-order valence-corrected chi connectivity index (χ0v) is 9.09. The second-order valence-electron chi connectivity index (χ2n) is 3.38. The average molecular weight is 240 g/mol. The Hall–Kier alpha value is -1.56. The van der Waals surface area contributed by atoms with E-state index in [1.165, 1.54) is 18.2 Å². The van der Waals surface area contributed by atoms with Crippen LogP contribution in [0.4, 0.5) is 14.9 Å². The number of rotatable bonds is 2. The van der Waals surface area contributed by atoms with E-state index in [1.54, 1.807) is 0 Å². The molecule has 0 radical (unpaired) electrons. The summed E-state index contributed by atoms with van der Waals surface area (Å²) in [5, 5.41) is -0.284. The molecule has 84 valence electrons. The fourth-order valence-electron chi connectivity index (χ4n) is 1.41. The summed E-state index contributed by atoms with van der Waals surface area (Å²) in [6.45, 7) is 0.108. The Balaban J connectivity index is 2.20. The first-order valence-corrected chi connectivity index (χ1v) is 5.57. The van der Waals surface area contributed by atoms with Gasteiger partial charge in [-0.05, 0) is 17.7 Å². The van der Waals surface area contributed by atoms with Crippen LogP contribution in [0.1, 0.15) is 5.56 Å². The Kier molecular flexibility index (Phi) is 2.82. The van der Waals surface area contributed by atoms with Crippen molar-refractivity contribution < 1.29 is 14.0 Å². The topological polar surface area (TPSA) is 63.4 Å². The van der Waals surface area contributed by atoms with E-state index in [4.69, 9.17) is 5.73 Å². The van der Waals surface area contributed by atoms with Gasteiger partial charge in [-0.25, -0.2) is 4.39 Å². The predicted molar refractivity (Wildman–Crippen MR) is 59.2 cm³/mol. The number of benzene rings is 1. The van der Waals surface area contributed by atoms with Crippen molar-refractivity contribution in [1.29, 1.82) is 0 Å². The molecule has 1 saturated heterocycles. The van der Waals surface area contributed by atoms with Gasteiger partial charge in [0.05, 0.1) is 12.3 Å². The van der Waals surface area contributed by atoms with Gasteiger partial charge < -0.3 is 5.73 Å². The van der Waals surface area contributed by atoms with Crippen LogP contribution in [0.3, 0.4) is 0 Å². The van der Waals surface area contributed by atoms with Gasteiger partial charge in [-0.1, -0.05) is 17.8 Å². The number of hydrogen-bond acceptors (Lipinski definition) is 4. The van der Waals surface area contributed by atoms with Crippen LogP contribution in [-0.2, 0) is 11.3 Å². The lowest BCUT2D eigenvalue weighted by Crippen LogP contribution is -2.28. The van der Waals surface area contributed by atoms with E-state index in [9.17, 15) is 14.0 Å². The van der Waals surface area contributed by atoms with Crippen LogP contribution in [0, 0.1) is 5.82 Å². The Morgan fingerprint density at radius 1 is 1.44 bits per heavy atom. The maximum atomic E-state index is 12.8. The molecule has 4 nitrogen and oxygen atoms in total. The summed E-state index contributed by atoms with van der Waals surface area (Å²) in [4.78, 5) is 23.8. The maximum absolute atomic E-state index is 12.8. The van der Waals surface area contributed by atoms with Crippen LogP contribution in [0.2, 0.25) is 0 Å². The Morgan fingerprint density at radius 2 is 2.19 bits per heavy atom. The first-order valence-electron chi connectivity index (χ1n) is 4.59. The molecule has 0 spiro atoms. The smallest absolute Gasteiger partial charge is 0.289 e. The molecule has 1 fully saturated rings. The van der Waals surface area contributed by atoms with E-state index in [0.29, 0.717) is 5.56 Å². The lowest BCUT2D eigenvalue weighted by atomic mass is 10.1. The molecule has 0 unspecified atom stereocenters. The van der Waals surface area contributed by atoms with Crippen LogP contribution in [0.15, 0.2) is 18.2 Å². The summed E-state index contributed by atoms with van der Waals surface area (Å²) < 4.78 is 12.8. The molecule has 0 aliphatic carbocycles. The van der Waals surface area contributed by atoms with Crippen molar-refractivity contribution in [2.24, 2.45) is 0 Å². The van der Waals surface area contributed by atoms with Gasteiger partial charge in [0, 0.05) is 5.69 Å². The van der Waals surface area contributed by atoms with Crippen molar-refractivity contribution >= 4 is 28.6 Å². The fraction of sp³-hybridized carbons (Fsp3) is 0.200. The summed E-state index contributed by atoms with van der Waals surface area (Å²) in [6, 6.07) is 3.91. The van der Waals surface area contributed by atoms with Crippen molar-refractivity contribution in [3.8, 4) is 0 Å². The molecule has 16 heavy (non-hydrogen) atoms. The van der Waals surface area contributed by atoms with Crippen LogP contribution in [0.25, 0.3) is 0 Å². The highest BCUT2D eigenvalue weighted by Crippen LogP contribution is 2.23. The van der Waals surface area contributed by atoms with Crippen molar-refractivity contribution in [3.05, 3.63) is 29.6 Å². The Bertz CT molecular complexity index is 448. The first-order chi connectivity index (χ1) is 7.58. The van der Waals surface area contributed by atoms with Crippen molar-refractivity contribution in [3.63, 3.8) is 0 Å². The zero-order chi connectivity index (χ0) is 11.7. The van der Waals surface area contributed by atoms with Gasteiger partial charge in [0.2, 0.25) is 5.91 Å². The lowest BCUT2D eigenvalue weighted by Gasteiger charge is -2.14. The third-order valence-corrected chi connectivity index (χ3v) is 3.14. The first kappa shape index (κ1) is 10.9. The average Bonchev–Trinajstić information content (AvgIpc) is 2.53. The van der Waals surface area contributed by atoms with E-state index in [-0.39, 0.29) is 29.1 Å². The lowest BCUT2D eigenvalue weighted by molar-refractivity contribution is -0.125. The largest absolute Gasteiger partial charge is 0.398 e. The Labute approximate surface area is 95.6 Å². The highest BCUT2D eigenvalue weighted by Gasteiger charge is 2.30. The number of nitrogens with zero attached hydrogens (tertiary/aromatic N) is 1. The molecule has 2 rings (SSSR count). The minimum atomic E-state index is -0.435. The second-order valence-corrected chi connectivity index (χ2v) is 4.30. The molecule has 0 saturated carbocycles. The maximum Gasteiger partial charge on any atom is 0.289 e. The summed E-state index contributed by atoms with van der Waals surface area (Å²) in [7, 11) is 0. The normalized spacial score (nSPS) is 15.9. The number of halogens is 1. The van der Waals surface area contributed by atoms with Gasteiger partial charge in [0.15, 0.2) is 0 Å². The molecule has 1 aliphatic rings. The third kappa shape index (κ3) is 2.01. The van der Waals surface area contributed by atoms with E-state index < -0.39 is 5.82 Å². The summed E-state index contributed by atoms with van der Waals surface area (Å²) in [6.07, 6.45) is 0. The predicted octanol–water partition coefficient (Wildman–Crippen LogP) is 1.60. The number of imide groups is 1. The van der Waals surface area contributed by atoms with E-state index in [1.807, 2.05) is 0 Å². The van der Waals surface area contributed by atoms with Crippen molar-refractivity contribution in [2.45, 2.75) is 6.54 Å². The standard InChI is InChI=1S/C10H9FN2O2S/c11-7-2-1-6(8(12)3-7)4-13-9(14)5-16-10(13)15/h1-3H,4-5,12H2. The van der Waals surface area contributed by atoms with Gasteiger partial charge in [-0.3, -0.25) is 14.5 Å². The van der Waals surface area contributed by atoms with E-state index in [2.05, 4.69) is 0 Å². The molecule has 1 aromatic carbocycles. The molecule has 2 amide bonds. The van der Waals surface area contributed by atoms with Crippen LogP contribution in [-0.4, -0.2) is 21.8 Å². The summed E-state index contributed by atoms with van der Waals surface area (Å²) in [5.74, 6) is -0.506. The number of hydrogen-bond donors (Lipinski definition) is 1. The van der Waals surface area contributed by atoms with E-state index >= 15 is 0 Å². The van der Waals surface area contributed by atoms with Crippen LogP contribution >= 0.6 is 11.8 Å². The fourth-order valence-corrected chi connectivity index (χ4v) is 2.14. The van der Waals surface area contributed by atoms with Gasteiger partial charge in [0.1, 0.15) is 5.82 Å². The highest BCUT2D eigenvalue weighted by molar-refractivity contribution is 8.14. The second kappa shape index (κ2) is 4.13. The molecule has 6 heteroatoms. The number of carbonyl (C=O) groups excluding carboxylic acids is 2. The monoisotopic (exact) mass is 240 g/mol. The molecule has 2 N–H and O–H groups in total. The molecule has 0 aromatic heterocycles. The minimum absolute atomic E-state index is 0.108. The molecular weight excluding hydrogens is 231 g/mol. The third-order valence-electron chi connectivity index (χ3n) is 2.28. The molecule has 0 bridgehead atoms. The molecular formula is C10H9FN2O2S. The summed E-state index contributed by atoms with van der Waals surface area (Å²) >= 11 is 0.964. The number of anilines is 1. The minimum Gasteiger partial charge on any atom is -0.398 e. The Morgan fingerprint density at radius 3 is 2.75 bits per heavy atom. The van der Waals surface area contributed by atoms with Gasteiger partial charge in [-0.15, -0.1) is 0 Å². The zero-order valence-electron chi connectivity index (χ0n) is 8.27. The van der Waals surface area contributed by atoms with Crippen molar-refractivity contribution in [1.82, 2.24) is 4.90 Å². The highest BCUT2D eigenvalue weighted by atomic mass is 32.2. The number of nitrogens with two attached hydrogens (primary N) is 1. The quantitative estimate of drug-likeness (QED) is 0.797. The molecule has 1 heterocycles. The van der Waals surface area contributed by atoms with Crippen LogP contribution in [0.5, 0.6) is 0 Å². The number of amides is 2. The summed E-state index contributed by atoms with van der Waals surface area (Å²) in [5.41, 5.74) is 6.42. The van der Waals surface area contributed by atoms with Gasteiger partial charge in [0.25, 0.3) is 5.24 Å². The van der Waals surface area contributed by atoms with Crippen molar-refractivity contribution in [2.75, 3.05) is 11.5 Å². The molecule has 1 aliphatic heterocycles. The number of carbonyl (C=O) groups is 2. The number of thioether (sulfide) groups is 1. The SMILES string of the molecule is Nc1cc(F)ccc1CN1C(=O)CSC1=O. The van der Waals surface area contributed by atoms with Gasteiger partial charge in [-0.2, -0.15) is 0 Å². The molecule has 0 atom stereocenters. The van der Waals surface area contributed by atoms with E-state index in [0.717, 1.165) is 16.7 Å².